The lowest BCUT2D eigenvalue weighted by atomic mass is 10.0. The van der Waals surface area contributed by atoms with Crippen LogP contribution < -0.4 is 9.62 Å². The molecule has 0 saturated carbocycles. The molecule has 1 N–H and O–H groups in total. The van der Waals surface area contributed by atoms with Crippen molar-refractivity contribution in [3.8, 4) is 0 Å². The lowest BCUT2D eigenvalue weighted by Crippen LogP contribution is -2.53. The molecular weight excluding hydrogens is 551 g/mol. The summed E-state index contributed by atoms with van der Waals surface area (Å²) < 4.78 is 41.4. The average molecular weight is 585 g/mol. The number of rotatable bonds is 13. The first-order valence-electron chi connectivity index (χ1n) is 13.0. The van der Waals surface area contributed by atoms with Gasteiger partial charge in [-0.2, -0.15) is 0 Å². The van der Waals surface area contributed by atoms with Crippen molar-refractivity contribution in [2.45, 2.75) is 39.3 Å². The van der Waals surface area contributed by atoms with Crippen LogP contribution in [-0.4, -0.2) is 55.4 Å². The quantitative estimate of drug-likeness (QED) is 0.239. The molecule has 0 bridgehead atoms. The Labute approximate surface area is 239 Å². The fourth-order valence-electron chi connectivity index (χ4n) is 4.30. The minimum absolute atomic E-state index is 0.0454. The van der Waals surface area contributed by atoms with Crippen LogP contribution in [0.1, 0.15) is 30.0 Å². The highest BCUT2D eigenvalue weighted by molar-refractivity contribution is 7.92. The molecule has 0 spiro atoms. The topological polar surface area (TPSA) is 130 Å². The van der Waals surface area contributed by atoms with Crippen LogP contribution in [0.2, 0.25) is 0 Å². The molecule has 3 rings (SSSR count). The van der Waals surface area contributed by atoms with Crippen LogP contribution in [0.15, 0.2) is 72.8 Å². The number of hydrogen-bond donors (Lipinski definition) is 1. The number of nitrogens with zero attached hydrogens (tertiary/aromatic N) is 3. The largest absolute Gasteiger partial charge is 0.354 e. The molecule has 3 aromatic carbocycles. The smallest absolute Gasteiger partial charge is 0.271 e. The number of carbonyl (C=O) groups excluding carboxylic acids is 2. The number of sulfonamides is 1. The van der Waals surface area contributed by atoms with Gasteiger partial charge in [0, 0.05) is 37.2 Å². The summed E-state index contributed by atoms with van der Waals surface area (Å²) in [4.78, 5) is 39.4. The Balaban J connectivity index is 2.10. The van der Waals surface area contributed by atoms with E-state index in [4.69, 9.17) is 0 Å². The lowest BCUT2D eigenvalue weighted by Gasteiger charge is -2.33. The van der Waals surface area contributed by atoms with Gasteiger partial charge in [0.1, 0.15) is 18.4 Å². The number of nitrogens with one attached hydrogen (secondary N) is 1. The molecule has 0 aliphatic rings. The standard InChI is InChI=1S/C29H33FN4O6S/c1-4-16-31-29(36)27(17-22-10-6-5-7-11-22)32(19-23-12-8-9-13-25(23)30)28(35)20-33(41(3,39)40)26-18-24(34(37)38)15-14-21(26)2/h5-15,18,27H,4,16-17,19-20H2,1-3H3,(H,31,36)/t27-/m1/s1. The van der Waals surface area contributed by atoms with E-state index in [1.165, 1.54) is 35.2 Å². The minimum Gasteiger partial charge on any atom is -0.354 e. The van der Waals surface area contributed by atoms with Gasteiger partial charge in [-0.15, -0.1) is 0 Å². The minimum atomic E-state index is -4.12. The van der Waals surface area contributed by atoms with Crippen molar-refractivity contribution in [3.63, 3.8) is 0 Å². The molecule has 1 atom stereocenters. The van der Waals surface area contributed by atoms with Crippen molar-refractivity contribution in [1.29, 1.82) is 0 Å². The normalized spacial score (nSPS) is 11.9. The summed E-state index contributed by atoms with van der Waals surface area (Å²) in [5.74, 6) is -1.85. The van der Waals surface area contributed by atoms with Crippen LogP contribution in [0.5, 0.6) is 0 Å². The number of amides is 2. The van der Waals surface area contributed by atoms with Crippen molar-refractivity contribution in [1.82, 2.24) is 10.2 Å². The van der Waals surface area contributed by atoms with Gasteiger partial charge in [0.25, 0.3) is 5.69 Å². The van der Waals surface area contributed by atoms with E-state index in [0.717, 1.165) is 22.2 Å². The fourth-order valence-corrected chi connectivity index (χ4v) is 5.20. The molecule has 3 aromatic rings. The van der Waals surface area contributed by atoms with E-state index in [1.54, 1.807) is 37.3 Å². The summed E-state index contributed by atoms with van der Waals surface area (Å²) in [5, 5.41) is 14.2. The molecule has 12 heteroatoms. The number of anilines is 1. The van der Waals surface area contributed by atoms with Crippen molar-refractivity contribution in [2.75, 3.05) is 23.7 Å². The van der Waals surface area contributed by atoms with E-state index in [1.807, 2.05) is 13.0 Å². The Morgan fingerprint density at radius 2 is 1.71 bits per heavy atom. The first-order valence-corrected chi connectivity index (χ1v) is 14.8. The monoisotopic (exact) mass is 584 g/mol. The van der Waals surface area contributed by atoms with Gasteiger partial charge < -0.3 is 10.2 Å². The summed E-state index contributed by atoms with van der Waals surface area (Å²) in [7, 11) is -4.12. The lowest BCUT2D eigenvalue weighted by molar-refractivity contribution is -0.384. The zero-order chi connectivity index (χ0) is 30.2. The number of non-ortho nitro benzene ring substituents is 1. The Hall–Kier alpha value is -4.32. The summed E-state index contributed by atoms with van der Waals surface area (Å²) in [6.45, 7) is 2.71. The predicted octanol–water partition coefficient (Wildman–Crippen LogP) is 3.97. The number of benzene rings is 3. The zero-order valence-electron chi connectivity index (χ0n) is 23.1. The van der Waals surface area contributed by atoms with E-state index in [2.05, 4.69) is 5.32 Å². The summed E-state index contributed by atoms with van der Waals surface area (Å²) in [6.07, 6.45) is 1.61. The molecule has 0 aliphatic carbocycles. The maximum Gasteiger partial charge on any atom is 0.271 e. The second-order valence-corrected chi connectivity index (χ2v) is 11.5. The average Bonchev–Trinajstić information content (AvgIpc) is 2.93. The molecule has 218 valence electrons. The van der Waals surface area contributed by atoms with Crippen LogP contribution in [0, 0.1) is 22.9 Å². The molecule has 0 fully saturated rings. The number of nitro groups is 1. The SMILES string of the molecule is CCCNC(=O)[C@@H](Cc1ccccc1)N(Cc1ccccc1F)C(=O)CN(c1cc([N+](=O)[O-])ccc1C)S(C)(=O)=O. The van der Waals surface area contributed by atoms with E-state index in [0.29, 0.717) is 18.5 Å². The first-order chi connectivity index (χ1) is 19.4. The van der Waals surface area contributed by atoms with Gasteiger partial charge in [0.05, 0.1) is 16.9 Å². The van der Waals surface area contributed by atoms with Crippen LogP contribution in [0.4, 0.5) is 15.8 Å². The van der Waals surface area contributed by atoms with Gasteiger partial charge in [-0.1, -0.05) is 61.5 Å². The Morgan fingerprint density at radius 1 is 1.05 bits per heavy atom. The van der Waals surface area contributed by atoms with Crippen molar-refractivity contribution in [3.05, 3.63) is 105 Å². The number of halogens is 1. The van der Waals surface area contributed by atoms with E-state index >= 15 is 0 Å². The second-order valence-electron chi connectivity index (χ2n) is 9.61. The number of carbonyl (C=O) groups is 2. The van der Waals surface area contributed by atoms with Gasteiger partial charge in [0.2, 0.25) is 21.8 Å². The molecule has 41 heavy (non-hydrogen) atoms. The predicted molar refractivity (Wildman–Crippen MR) is 154 cm³/mol. The highest BCUT2D eigenvalue weighted by Crippen LogP contribution is 2.28. The summed E-state index contributed by atoms with van der Waals surface area (Å²) in [6, 6.07) is 17.4. The third kappa shape index (κ3) is 8.34. The molecule has 0 aliphatic heterocycles. The first kappa shape index (κ1) is 31.2. The van der Waals surface area contributed by atoms with Gasteiger partial charge in [-0.25, -0.2) is 12.8 Å². The second kappa shape index (κ2) is 13.8. The third-order valence-corrected chi connectivity index (χ3v) is 7.60. The summed E-state index contributed by atoms with van der Waals surface area (Å²) in [5.41, 5.74) is 0.868. The van der Waals surface area contributed by atoms with E-state index in [-0.39, 0.29) is 29.9 Å². The number of nitro benzene ring substituents is 1. The molecule has 2 amide bonds. The molecule has 0 unspecified atom stereocenters. The van der Waals surface area contributed by atoms with Crippen molar-refractivity contribution >= 4 is 33.2 Å². The van der Waals surface area contributed by atoms with Crippen LogP contribution in [-0.2, 0) is 32.6 Å². The zero-order valence-corrected chi connectivity index (χ0v) is 23.9. The van der Waals surface area contributed by atoms with Crippen LogP contribution >= 0.6 is 0 Å². The number of hydrogen-bond acceptors (Lipinski definition) is 6. The Bertz CT molecular complexity index is 1500. The van der Waals surface area contributed by atoms with Crippen molar-refractivity contribution < 1.29 is 27.3 Å². The fraction of sp³-hybridized carbons (Fsp3) is 0.310. The Morgan fingerprint density at radius 3 is 2.32 bits per heavy atom. The maximum atomic E-state index is 14.8. The van der Waals surface area contributed by atoms with E-state index in [9.17, 15) is 32.5 Å². The maximum absolute atomic E-state index is 14.8. The van der Waals surface area contributed by atoms with Crippen molar-refractivity contribution in [2.24, 2.45) is 0 Å². The molecule has 0 heterocycles. The van der Waals surface area contributed by atoms with Gasteiger partial charge >= 0.3 is 0 Å². The number of aryl methyl sites for hydroxylation is 1. The highest BCUT2D eigenvalue weighted by Gasteiger charge is 2.34. The van der Waals surface area contributed by atoms with Gasteiger partial charge in [-0.05, 0) is 30.5 Å². The van der Waals surface area contributed by atoms with Gasteiger partial charge in [0.15, 0.2) is 0 Å². The molecule has 10 nitrogen and oxygen atoms in total. The van der Waals surface area contributed by atoms with Crippen LogP contribution in [0.3, 0.4) is 0 Å². The van der Waals surface area contributed by atoms with Crippen LogP contribution in [0.25, 0.3) is 0 Å². The summed E-state index contributed by atoms with van der Waals surface area (Å²) >= 11 is 0. The highest BCUT2D eigenvalue weighted by atomic mass is 32.2. The molecular formula is C29H33FN4O6S. The molecule has 0 aromatic heterocycles. The molecule has 0 radical (unpaired) electrons. The van der Waals surface area contributed by atoms with E-state index < -0.39 is 45.2 Å². The Kier molecular flexibility index (Phi) is 10.5. The third-order valence-electron chi connectivity index (χ3n) is 6.47. The van der Waals surface area contributed by atoms with Gasteiger partial charge in [-0.3, -0.25) is 24.0 Å². The molecule has 0 saturated heterocycles.